The van der Waals surface area contributed by atoms with Gasteiger partial charge in [-0.05, 0) is 48.5 Å². The van der Waals surface area contributed by atoms with Gasteiger partial charge in [-0.1, -0.05) is 70.8 Å². The average molecular weight is 655 g/mol. The molecular weight excluding hydrogens is 607 g/mol. The van der Waals surface area contributed by atoms with E-state index in [0.717, 1.165) is 17.7 Å². The molecular formula is C33H48F2N4O2Si3. The minimum Gasteiger partial charge on any atom is -0.362 e. The second kappa shape index (κ2) is 16.3. The summed E-state index contributed by atoms with van der Waals surface area (Å²) in [5, 5.41) is 14.7. The number of ether oxygens (including phenoxy) is 2. The second-order valence-corrected chi connectivity index (χ2v) is 30.1. The van der Waals surface area contributed by atoms with E-state index in [-0.39, 0.29) is 12.3 Å². The number of hydrogen-bond acceptors (Lipinski definition) is 5. The Morgan fingerprint density at radius 1 is 0.932 bits per heavy atom. The van der Waals surface area contributed by atoms with Crippen molar-refractivity contribution in [3.05, 3.63) is 59.0 Å². The van der Waals surface area contributed by atoms with Crippen molar-refractivity contribution in [2.75, 3.05) is 25.3 Å². The van der Waals surface area contributed by atoms with Crippen molar-refractivity contribution in [2.45, 2.75) is 77.7 Å². The van der Waals surface area contributed by atoms with Gasteiger partial charge in [0, 0.05) is 46.2 Å². The molecule has 0 unspecified atom stereocenters. The maximum atomic E-state index is 13.8. The molecule has 44 heavy (non-hydrogen) atoms. The summed E-state index contributed by atoms with van der Waals surface area (Å²) in [5.74, 6) is 4.12. The highest BCUT2D eigenvalue weighted by atomic mass is 28.3. The molecule has 0 bridgehead atoms. The van der Waals surface area contributed by atoms with Gasteiger partial charge in [-0.15, -0.1) is 17.1 Å². The van der Waals surface area contributed by atoms with Crippen molar-refractivity contribution in [1.82, 2.24) is 9.78 Å². The lowest BCUT2D eigenvalue weighted by atomic mass is 10.1. The molecule has 1 aromatic heterocycles. The van der Waals surface area contributed by atoms with Crippen molar-refractivity contribution >= 4 is 46.8 Å². The maximum Gasteiger partial charge on any atom is 0.240 e. The zero-order valence-electron chi connectivity index (χ0n) is 27.8. The van der Waals surface area contributed by atoms with Gasteiger partial charge < -0.3 is 14.8 Å². The van der Waals surface area contributed by atoms with Gasteiger partial charge in [0.15, 0.2) is 0 Å². The Morgan fingerprint density at radius 3 is 2.11 bits per heavy atom. The third kappa shape index (κ3) is 13.7. The van der Waals surface area contributed by atoms with Crippen LogP contribution in [-0.4, -0.2) is 59.9 Å². The Hall–Kier alpha value is -3.07. The second-order valence-electron chi connectivity index (χ2n) is 14.1. The fraction of sp³-hybridized carbons (Fsp3) is 0.455. The third-order valence-electron chi connectivity index (χ3n) is 6.28. The standard InChI is InChI=1S/C18H29FN2OSi2.C15H19FN2OSi/c1-23(2,3)11-9-15-7-8-17(16(13-15)18(19)20)21-14-22-10-12-24(4,5)6;1-5-12-6-7-14-13(10-12)15(16)17-18(14)11-19-8-9-20(2,3)4/h7-8,13,20-21H,10,12,14H2,1-6H3;1,6-7,10H,8-9,11H2,2-4H3. The molecule has 0 amide bonds. The molecule has 2 aromatic carbocycles. The number of hydrogen-bond donors (Lipinski definition) is 2. The normalized spacial score (nSPS) is 11.7. The van der Waals surface area contributed by atoms with Crippen LogP contribution in [-0.2, 0) is 16.2 Å². The summed E-state index contributed by atoms with van der Waals surface area (Å²) < 4.78 is 40.0. The van der Waals surface area contributed by atoms with E-state index in [0.29, 0.717) is 42.1 Å². The van der Waals surface area contributed by atoms with Gasteiger partial charge in [0.2, 0.25) is 11.9 Å². The Kier molecular flexibility index (Phi) is 13.8. The van der Waals surface area contributed by atoms with Gasteiger partial charge >= 0.3 is 0 Å². The van der Waals surface area contributed by atoms with Crippen LogP contribution in [0.5, 0.6) is 0 Å². The molecule has 1 heterocycles. The number of halogens is 2. The summed E-state index contributed by atoms with van der Waals surface area (Å²) in [6.07, 6.45) is 5.32. The lowest BCUT2D eigenvalue weighted by molar-refractivity contribution is 0.0804. The summed E-state index contributed by atoms with van der Waals surface area (Å²) in [4.78, 5) is 0. The van der Waals surface area contributed by atoms with E-state index < -0.39 is 36.1 Å². The van der Waals surface area contributed by atoms with Crippen molar-refractivity contribution in [3.8, 4) is 23.8 Å². The molecule has 6 nitrogen and oxygen atoms in total. The highest BCUT2D eigenvalue weighted by Crippen LogP contribution is 2.20. The van der Waals surface area contributed by atoms with Crippen molar-refractivity contribution in [3.63, 3.8) is 0 Å². The Bertz CT molecular complexity index is 1520. The molecule has 238 valence electrons. The van der Waals surface area contributed by atoms with E-state index in [1.54, 1.807) is 30.3 Å². The van der Waals surface area contributed by atoms with Gasteiger partial charge in [0.05, 0.1) is 16.5 Å². The fourth-order valence-electron chi connectivity index (χ4n) is 3.65. The number of aromatic nitrogens is 2. The summed E-state index contributed by atoms with van der Waals surface area (Å²) in [7, 11) is -3.70. The highest BCUT2D eigenvalue weighted by Gasteiger charge is 2.15. The molecule has 0 radical (unpaired) electrons. The lowest BCUT2D eigenvalue weighted by Crippen LogP contribution is -2.22. The van der Waals surface area contributed by atoms with Gasteiger partial charge in [-0.25, -0.2) is 4.68 Å². The zero-order valence-corrected chi connectivity index (χ0v) is 30.8. The molecule has 0 aliphatic rings. The molecule has 2 N–H and O–H groups in total. The summed E-state index contributed by atoms with van der Waals surface area (Å²) in [5.41, 5.74) is 6.13. The average Bonchev–Trinajstić information content (AvgIpc) is 3.23. The molecule has 0 fully saturated rings. The first-order valence-electron chi connectivity index (χ1n) is 14.8. The third-order valence-corrected chi connectivity index (χ3v) is 10.6. The zero-order chi connectivity index (χ0) is 33.1. The Labute approximate surface area is 265 Å². The number of terminal acetylenes is 1. The van der Waals surface area contributed by atoms with Crippen molar-refractivity contribution < 1.29 is 18.3 Å². The highest BCUT2D eigenvalue weighted by molar-refractivity contribution is 6.83. The maximum absolute atomic E-state index is 13.8. The van der Waals surface area contributed by atoms with Crippen LogP contribution in [0.2, 0.25) is 71.0 Å². The van der Waals surface area contributed by atoms with E-state index in [1.165, 1.54) is 4.68 Å². The number of benzene rings is 2. The van der Waals surface area contributed by atoms with E-state index >= 15 is 0 Å². The Morgan fingerprint density at radius 2 is 1.55 bits per heavy atom. The molecule has 0 saturated heterocycles. The quantitative estimate of drug-likeness (QED) is 0.0677. The molecule has 11 heteroatoms. The SMILES string of the molecule is C#Cc1ccc2c(c1)c(F)nn2COCC[Si](C)(C)C.C[Si](C)(C)C#Cc1ccc(NCOCC[Si](C)(C)C)c(C(=N)F)c1. The van der Waals surface area contributed by atoms with Gasteiger partial charge in [0.25, 0.3) is 0 Å². The monoisotopic (exact) mass is 654 g/mol. The molecule has 0 aliphatic heterocycles. The van der Waals surface area contributed by atoms with Crippen LogP contribution in [0, 0.1) is 35.2 Å². The van der Waals surface area contributed by atoms with Crippen molar-refractivity contribution in [2.24, 2.45) is 0 Å². The summed E-state index contributed by atoms with van der Waals surface area (Å²) in [6, 6.07) is 12.6. The smallest absolute Gasteiger partial charge is 0.240 e. The lowest BCUT2D eigenvalue weighted by Gasteiger charge is -2.16. The van der Waals surface area contributed by atoms with E-state index in [4.69, 9.17) is 21.3 Å². The number of rotatable bonds is 12. The van der Waals surface area contributed by atoms with E-state index in [1.807, 2.05) is 6.07 Å². The van der Waals surface area contributed by atoms with Crippen LogP contribution in [0.4, 0.5) is 14.5 Å². The summed E-state index contributed by atoms with van der Waals surface area (Å²) in [6.45, 7) is 22.2. The van der Waals surface area contributed by atoms with E-state index in [2.05, 4.69) is 86.7 Å². The van der Waals surface area contributed by atoms with Crippen LogP contribution < -0.4 is 5.32 Å². The molecule has 3 rings (SSSR count). The number of anilines is 1. The van der Waals surface area contributed by atoms with Gasteiger partial charge in [-0.2, -0.15) is 8.78 Å². The van der Waals surface area contributed by atoms with Crippen LogP contribution in [0.15, 0.2) is 36.4 Å². The number of fused-ring (bicyclic) bond motifs is 1. The van der Waals surface area contributed by atoms with Crippen LogP contribution in [0.25, 0.3) is 10.9 Å². The number of nitrogens with one attached hydrogen (secondary N) is 2. The van der Waals surface area contributed by atoms with Gasteiger partial charge in [-0.3, -0.25) is 5.41 Å². The van der Waals surface area contributed by atoms with Gasteiger partial charge in [0.1, 0.15) is 21.5 Å². The molecule has 0 spiro atoms. The first-order chi connectivity index (χ1) is 20.4. The fourth-order valence-corrected chi connectivity index (χ4v) is 5.69. The largest absolute Gasteiger partial charge is 0.362 e. The molecule has 0 aliphatic carbocycles. The predicted octanol–water partition coefficient (Wildman–Crippen LogP) is 8.40. The first-order valence-corrected chi connectivity index (χ1v) is 25.7. The number of nitrogens with zero attached hydrogens (tertiary/aromatic N) is 2. The predicted molar refractivity (Wildman–Crippen MR) is 189 cm³/mol. The van der Waals surface area contributed by atoms with E-state index in [9.17, 15) is 8.78 Å². The van der Waals surface area contributed by atoms with Crippen molar-refractivity contribution in [1.29, 1.82) is 5.41 Å². The molecule has 0 atom stereocenters. The minimum absolute atomic E-state index is 0.228. The van der Waals surface area contributed by atoms with Crippen LogP contribution in [0.1, 0.15) is 16.7 Å². The minimum atomic E-state index is -1.48. The molecule has 3 aromatic rings. The first kappa shape index (κ1) is 37.1. The van der Waals surface area contributed by atoms with Crippen LogP contribution >= 0.6 is 0 Å². The Balaban J connectivity index is 0.000000311. The van der Waals surface area contributed by atoms with Crippen LogP contribution in [0.3, 0.4) is 0 Å². The topological polar surface area (TPSA) is 72.2 Å². The molecule has 0 saturated carbocycles. The summed E-state index contributed by atoms with van der Waals surface area (Å²) >= 11 is 0.